The molecule has 2 saturated heterocycles. The SMILES string of the molecule is O=C(NCCc1ccc(Cl)cc1Cl)C1CSC2(CCNCC2)N1. The molecule has 3 rings (SSSR count). The van der Waals surface area contributed by atoms with Gasteiger partial charge in [0.1, 0.15) is 0 Å². The van der Waals surface area contributed by atoms with Gasteiger partial charge in [-0.1, -0.05) is 29.3 Å². The van der Waals surface area contributed by atoms with E-state index in [4.69, 9.17) is 23.2 Å². The van der Waals surface area contributed by atoms with Crippen molar-refractivity contribution in [2.45, 2.75) is 30.2 Å². The number of rotatable bonds is 4. The van der Waals surface area contributed by atoms with E-state index in [0.717, 1.165) is 37.2 Å². The Bertz CT molecular complexity index is 578. The summed E-state index contributed by atoms with van der Waals surface area (Å²) >= 11 is 13.9. The molecule has 7 heteroatoms. The van der Waals surface area contributed by atoms with Crippen molar-refractivity contribution in [2.24, 2.45) is 0 Å². The van der Waals surface area contributed by atoms with Crippen LogP contribution in [0.5, 0.6) is 0 Å². The molecule has 2 fully saturated rings. The van der Waals surface area contributed by atoms with Crippen molar-refractivity contribution >= 4 is 40.9 Å². The maximum Gasteiger partial charge on any atom is 0.238 e. The Labute approximate surface area is 151 Å². The molecule has 23 heavy (non-hydrogen) atoms. The molecule has 0 aromatic heterocycles. The molecule has 3 N–H and O–H groups in total. The van der Waals surface area contributed by atoms with E-state index in [1.54, 1.807) is 6.07 Å². The van der Waals surface area contributed by atoms with Gasteiger partial charge >= 0.3 is 0 Å². The van der Waals surface area contributed by atoms with E-state index < -0.39 is 0 Å². The number of halogens is 2. The summed E-state index contributed by atoms with van der Waals surface area (Å²) in [6.07, 6.45) is 2.85. The highest BCUT2D eigenvalue weighted by molar-refractivity contribution is 8.01. The molecular weight excluding hydrogens is 353 g/mol. The topological polar surface area (TPSA) is 53.2 Å². The third-order valence-electron chi connectivity index (χ3n) is 4.40. The number of hydrogen-bond donors (Lipinski definition) is 3. The zero-order chi connectivity index (χ0) is 16.3. The molecular formula is C16H21Cl2N3OS. The Morgan fingerprint density at radius 1 is 1.35 bits per heavy atom. The zero-order valence-electron chi connectivity index (χ0n) is 12.8. The predicted octanol–water partition coefficient (Wildman–Crippen LogP) is 2.44. The lowest BCUT2D eigenvalue weighted by molar-refractivity contribution is -0.122. The van der Waals surface area contributed by atoms with Crippen LogP contribution in [0.25, 0.3) is 0 Å². The number of thioether (sulfide) groups is 1. The van der Waals surface area contributed by atoms with E-state index in [-0.39, 0.29) is 16.8 Å². The molecule has 1 aromatic carbocycles. The highest BCUT2D eigenvalue weighted by atomic mass is 35.5. The Balaban J connectivity index is 1.46. The zero-order valence-corrected chi connectivity index (χ0v) is 15.2. The average molecular weight is 374 g/mol. The molecule has 2 aliphatic rings. The number of piperidine rings is 1. The summed E-state index contributed by atoms with van der Waals surface area (Å²) in [6.45, 7) is 2.62. The number of nitrogens with one attached hydrogen (secondary N) is 3. The number of amides is 1. The molecule has 126 valence electrons. The van der Waals surface area contributed by atoms with Gasteiger partial charge < -0.3 is 10.6 Å². The van der Waals surface area contributed by atoms with Gasteiger partial charge in [0, 0.05) is 22.3 Å². The Hall–Kier alpha value is -0.460. The quantitative estimate of drug-likeness (QED) is 0.758. The third-order valence-corrected chi connectivity index (χ3v) is 6.57. The van der Waals surface area contributed by atoms with E-state index >= 15 is 0 Å². The van der Waals surface area contributed by atoms with Crippen LogP contribution in [-0.2, 0) is 11.2 Å². The first-order chi connectivity index (χ1) is 11.1. The number of carbonyl (C=O) groups excluding carboxylic acids is 1. The van der Waals surface area contributed by atoms with Gasteiger partial charge in [0.25, 0.3) is 0 Å². The van der Waals surface area contributed by atoms with Gasteiger partial charge in [0.15, 0.2) is 0 Å². The van der Waals surface area contributed by atoms with E-state index in [0.29, 0.717) is 23.0 Å². The van der Waals surface area contributed by atoms with Gasteiger partial charge in [0.05, 0.1) is 10.9 Å². The van der Waals surface area contributed by atoms with Gasteiger partial charge in [-0.3, -0.25) is 10.1 Å². The van der Waals surface area contributed by atoms with Gasteiger partial charge in [-0.05, 0) is 50.0 Å². The average Bonchev–Trinajstić information content (AvgIpc) is 2.94. The summed E-state index contributed by atoms with van der Waals surface area (Å²) < 4.78 is 0. The molecule has 1 unspecified atom stereocenters. The minimum atomic E-state index is -0.0983. The van der Waals surface area contributed by atoms with Crippen LogP contribution in [0.3, 0.4) is 0 Å². The highest BCUT2D eigenvalue weighted by Gasteiger charge is 2.42. The van der Waals surface area contributed by atoms with Gasteiger partial charge in [-0.2, -0.15) is 0 Å². The van der Waals surface area contributed by atoms with Crippen LogP contribution in [-0.4, -0.2) is 42.2 Å². The van der Waals surface area contributed by atoms with Crippen molar-refractivity contribution in [2.75, 3.05) is 25.4 Å². The molecule has 0 aliphatic carbocycles. The number of carbonyl (C=O) groups is 1. The van der Waals surface area contributed by atoms with E-state index in [1.807, 2.05) is 23.9 Å². The number of benzene rings is 1. The van der Waals surface area contributed by atoms with Crippen molar-refractivity contribution < 1.29 is 4.79 Å². The molecule has 2 aliphatic heterocycles. The maximum absolute atomic E-state index is 12.3. The summed E-state index contributed by atoms with van der Waals surface area (Å²) in [7, 11) is 0. The van der Waals surface area contributed by atoms with Crippen molar-refractivity contribution in [3.05, 3.63) is 33.8 Å². The fourth-order valence-corrected chi connectivity index (χ4v) is 5.01. The largest absolute Gasteiger partial charge is 0.354 e. The lowest BCUT2D eigenvalue weighted by atomic mass is 10.0. The van der Waals surface area contributed by atoms with Crippen LogP contribution in [0.1, 0.15) is 18.4 Å². The summed E-state index contributed by atoms with van der Waals surface area (Å²) in [5, 5.41) is 11.2. The second-order valence-corrected chi connectivity index (χ2v) is 8.28. The molecule has 1 aromatic rings. The molecule has 0 bridgehead atoms. The summed E-state index contributed by atoms with van der Waals surface area (Å²) in [6, 6.07) is 5.36. The van der Waals surface area contributed by atoms with Crippen LogP contribution < -0.4 is 16.0 Å². The fourth-order valence-electron chi connectivity index (χ4n) is 3.07. The number of hydrogen-bond acceptors (Lipinski definition) is 4. The van der Waals surface area contributed by atoms with Crippen molar-refractivity contribution in [1.82, 2.24) is 16.0 Å². The Morgan fingerprint density at radius 3 is 2.87 bits per heavy atom. The molecule has 2 heterocycles. The lowest BCUT2D eigenvalue weighted by Gasteiger charge is -2.33. The van der Waals surface area contributed by atoms with Crippen molar-refractivity contribution in [3.63, 3.8) is 0 Å². The standard InChI is InChI=1S/C16H21Cl2N3OS/c17-12-2-1-11(13(18)9-12)3-6-20-15(22)14-10-23-16(21-14)4-7-19-8-5-16/h1-2,9,14,19,21H,3-8,10H2,(H,20,22). The molecule has 1 atom stereocenters. The van der Waals surface area contributed by atoms with Crippen LogP contribution in [0, 0.1) is 0 Å². The smallest absolute Gasteiger partial charge is 0.238 e. The van der Waals surface area contributed by atoms with E-state index in [1.165, 1.54) is 0 Å². The summed E-state index contributed by atoms with van der Waals surface area (Å²) in [5.41, 5.74) is 1.000. The molecule has 4 nitrogen and oxygen atoms in total. The maximum atomic E-state index is 12.3. The van der Waals surface area contributed by atoms with Gasteiger partial charge in [-0.25, -0.2) is 0 Å². The van der Waals surface area contributed by atoms with E-state index in [2.05, 4.69) is 16.0 Å². The molecule has 0 saturated carbocycles. The van der Waals surface area contributed by atoms with Gasteiger partial charge in [0.2, 0.25) is 5.91 Å². The molecule has 1 amide bonds. The minimum Gasteiger partial charge on any atom is -0.354 e. The summed E-state index contributed by atoms with van der Waals surface area (Å²) in [4.78, 5) is 12.4. The second kappa shape index (κ2) is 7.62. The first-order valence-electron chi connectivity index (χ1n) is 7.92. The second-order valence-electron chi connectivity index (χ2n) is 6.03. The predicted molar refractivity (Wildman–Crippen MR) is 97.4 cm³/mol. The van der Waals surface area contributed by atoms with Crippen LogP contribution in [0.2, 0.25) is 10.0 Å². The lowest BCUT2D eigenvalue weighted by Crippen LogP contribution is -2.53. The van der Waals surface area contributed by atoms with Crippen LogP contribution >= 0.6 is 35.0 Å². The third kappa shape index (κ3) is 4.34. The highest BCUT2D eigenvalue weighted by Crippen LogP contribution is 2.37. The van der Waals surface area contributed by atoms with Crippen LogP contribution in [0.4, 0.5) is 0 Å². The Morgan fingerprint density at radius 2 is 2.13 bits per heavy atom. The first kappa shape index (κ1) is 17.4. The molecule has 0 radical (unpaired) electrons. The minimum absolute atomic E-state index is 0.0815. The Kier molecular flexibility index (Phi) is 5.75. The fraction of sp³-hybridized carbons (Fsp3) is 0.562. The van der Waals surface area contributed by atoms with E-state index in [9.17, 15) is 4.79 Å². The molecule has 1 spiro atoms. The summed E-state index contributed by atoms with van der Waals surface area (Å²) in [5.74, 6) is 0.922. The van der Waals surface area contributed by atoms with Crippen molar-refractivity contribution in [3.8, 4) is 0 Å². The van der Waals surface area contributed by atoms with Crippen molar-refractivity contribution in [1.29, 1.82) is 0 Å². The normalized spacial score (nSPS) is 23.1. The first-order valence-corrected chi connectivity index (χ1v) is 9.66. The monoisotopic (exact) mass is 373 g/mol. The van der Waals surface area contributed by atoms with Gasteiger partial charge in [-0.15, -0.1) is 11.8 Å². The van der Waals surface area contributed by atoms with Crippen LogP contribution in [0.15, 0.2) is 18.2 Å².